The number of ether oxygens (including phenoxy) is 1. The second-order valence-corrected chi connectivity index (χ2v) is 4.14. The third-order valence-electron chi connectivity index (χ3n) is 2.85. The number of nitrogens with zero attached hydrogens (tertiary/aromatic N) is 2. The van der Waals surface area contributed by atoms with Gasteiger partial charge in [-0.05, 0) is 31.2 Å². The Kier molecular flexibility index (Phi) is 3.99. The first-order valence-electron chi connectivity index (χ1n) is 6.00. The number of nitrogens with one attached hydrogen (secondary N) is 1. The Labute approximate surface area is 112 Å². The van der Waals surface area contributed by atoms with Gasteiger partial charge in [0, 0.05) is 12.3 Å². The molecule has 0 amide bonds. The molecule has 0 aliphatic rings. The molecule has 1 heterocycles. The van der Waals surface area contributed by atoms with E-state index in [-0.39, 0.29) is 6.04 Å². The van der Waals surface area contributed by atoms with E-state index < -0.39 is 0 Å². The average Bonchev–Trinajstić information content (AvgIpc) is 2.48. The molecule has 0 bridgehead atoms. The zero-order valence-electron chi connectivity index (χ0n) is 10.9. The first-order chi connectivity index (χ1) is 9.24. The maximum Gasteiger partial charge on any atom is 0.121 e. The Hall–Kier alpha value is -2.54. The third-order valence-corrected chi connectivity index (χ3v) is 2.85. The summed E-state index contributed by atoms with van der Waals surface area (Å²) in [5, 5.41) is 12.4. The topological polar surface area (TPSA) is 57.9 Å². The van der Waals surface area contributed by atoms with E-state index in [1.54, 1.807) is 25.4 Å². The second kappa shape index (κ2) is 5.87. The fourth-order valence-corrected chi connectivity index (χ4v) is 1.81. The first-order valence-corrected chi connectivity index (χ1v) is 6.00. The Bertz CT molecular complexity index is 590. The molecule has 4 heteroatoms. The highest BCUT2D eigenvalue weighted by Gasteiger charge is 2.10. The van der Waals surface area contributed by atoms with Crippen LogP contribution in [-0.4, -0.2) is 12.1 Å². The Morgan fingerprint density at radius 2 is 2.16 bits per heavy atom. The van der Waals surface area contributed by atoms with Crippen LogP contribution in [-0.2, 0) is 0 Å². The van der Waals surface area contributed by atoms with Crippen molar-refractivity contribution in [1.82, 2.24) is 4.98 Å². The number of rotatable bonds is 4. The fraction of sp³-hybridized carbons (Fsp3) is 0.200. The van der Waals surface area contributed by atoms with Gasteiger partial charge in [0.05, 0.1) is 30.1 Å². The minimum atomic E-state index is 0.0143. The lowest BCUT2D eigenvalue weighted by molar-refractivity contribution is 0.415. The molecule has 0 saturated heterocycles. The van der Waals surface area contributed by atoms with Crippen LogP contribution in [0.3, 0.4) is 0 Å². The van der Waals surface area contributed by atoms with E-state index in [1.807, 2.05) is 31.2 Å². The lowest BCUT2D eigenvalue weighted by atomic mass is 10.1. The van der Waals surface area contributed by atoms with Crippen LogP contribution < -0.4 is 10.1 Å². The van der Waals surface area contributed by atoms with Crippen LogP contribution in [0.1, 0.15) is 24.2 Å². The van der Waals surface area contributed by atoms with Crippen molar-refractivity contribution in [3.63, 3.8) is 0 Å². The zero-order chi connectivity index (χ0) is 13.7. The van der Waals surface area contributed by atoms with Gasteiger partial charge in [0.15, 0.2) is 0 Å². The first kappa shape index (κ1) is 12.9. The van der Waals surface area contributed by atoms with Crippen molar-refractivity contribution >= 4 is 5.69 Å². The summed E-state index contributed by atoms with van der Waals surface area (Å²) in [4.78, 5) is 4.30. The highest BCUT2D eigenvalue weighted by Crippen LogP contribution is 2.25. The molecule has 0 aliphatic carbocycles. The minimum Gasteiger partial charge on any atom is -0.497 e. The summed E-state index contributed by atoms with van der Waals surface area (Å²) < 4.78 is 5.18. The Morgan fingerprint density at radius 3 is 2.79 bits per heavy atom. The summed E-state index contributed by atoms with van der Waals surface area (Å²) in [5.74, 6) is 0.717. The number of hydrogen-bond acceptors (Lipinski definition) is 4. The minimum absolute atomic E-state index is 0.0143. The van der Waals surface area contributed by atoms with Crippen molar-refractivity contribution in [3.8, 4) is 11.8 Å². The van der Waals surface area contributed by atoms with Gasteiger partial charge in [0.2, 0.25) is 0 Å². The normalized spacial score (nSPS) is 11.4. The Balaban J connectivity index is 2.25. The Morgan fingerprint density at radius 1 is 1.32 bits per heavy atom. The predicted molar refractivity (Wildman–Crippen MR) is 74.0 cm³/mol. The van der Waals surface area contributed by atoms with E-state index in [2.05, 4.69) is 16.4 Å². The van der Waals surface area contributed by atoms with Crippen molar-refractivity contribution < 1.29 is 4.74 Å². The molecule has 0 aliphatic heterocycles. The van der Waals surface area contributed by atoms with E-state index >= 15 is 0 Å². The largest absolute Gasteiger partial charge is 0.497 e. The number of anilines is 1. The molecule has 2 aromatic rings. The quantitative estimate of drug-likeness (QED) is 0.909. The monoisotopic (exact) mass is 253 g/mol. The molecule has 96 valence electrons. The molecule has 1 N–H and O–H groups in total. The summed E-state index contributed by atoms with van der Waals surface area (Å²) in [6, 6.07) is 13.3. The average molecular weight is 253 g/mol. The van der Waals surface area contributed by atoms with Gasteiger partial charge in [-0.3, -0.25) is 4.98 Å². The summed E-state index contributed by atoms with van der Waals surface area (Å²) in [6.45, 7) is 2.00. The number of nitriles is 1. The van der Waals surface area contributed by atoms with E-state index in [4.69, 9.17) is 10.00 Å². The summed E-state index contributed by atoms with van der Waals surface area (Å²) in [5.41, 5.74) is 2.26. The maximum atomic E-state index is 9.12. The van der Waals surface area contributed by atoms with E-state index in [0.29, 0.717) is 5.56 Å². The van der Waals surface area contributed by atoms with Gasteiger partial charge in [0.1, 0.15) is 11.8 Å². The van der Waals surface area contributed by atoms with Crippen molar-refractivity contribution in [3.05, 3.63) is 53.9 Å². The van der Waals surface area contributed by atoms with Crippen molar-refractivity contribution in [1.29, 1.82) is 5.26 Å². The van der Waals surface area contributed by atoms with E-state index in [1.165, 1.54) is 0 Å². The van der Waals surface area contributed by atoms with E-state index in [9.17, 15) is 0 Å². The number of hydrogen-bond donors (Lipinski definition) is 1. The summed E-state index contributed by atoms with van der Waals surface area (Å²) in [7, 11) is 1.60. The molecule has 2 rings (SSSR count). The van der Waals surface area contributed by atoms with Gasteiger partial charge in [0.25, 0.3) is 0 Å². The van der Waals surface area contributed by atoms with Crippen LogP contribution in [0.2, 0.25) is 0 Å². The molecule has 0 saturated carbocycles. The molecule has 1 aromatic heterocycles. The number of methoxy groups -OCH3 is 1. The molecular weight excluding hydrogens is 238 g/mol. The summed E-state index contributed by atoms with van der Waals surface area (Å²) >= 11 is 0. The zero-order valence-corrected chi connectivity index (χ0v) is 10.9. The maximum absolute atomic E-state index is 9.12. The van der Waals surface area contributed by atoms with Crippen LogP contribution in [0, 0.1) is 11.3 Å². The molecule has 1 unspecified atom stereocenters. The standard InChI is InChI=1S/C15H15N3O/c1-11(14-5-3-4-8-17-14)18-15-9-13(19-2)7-6-12(15)10-16/h3-9,11,18H,1-2H3. The van der Waals surface area contributed by atoms with Gasteiger partial charge in [-0.1, -0.05) is 6.07 Å². The third kappa shape index (κ3) is 3.02. The van der Waals surface area contributed by atoms with Gasteiger partial charge < -0.3 is 10.1 Å². The number of benzene rings is 1. The summed E-state index contributed by atoms with van der Waals surface area (Å²) in [6.07, 6.45) is 1.75. The van der Waals surface area contributed by atoms with Crippen molar-refractivity contribution in [2.24, 2.45) is 0 Å². The van der Waals surface area contributed by atoms with Gasteiger partial charge in [-0.2, -0.15) is 5.26 Å². The second-order valence-electron chi connectivity index (χ2n) is 4.14. The van der Waals surface area contributed by atoms with Crippen molar-refractivity contribution in [2.45, 2.75) is 13.0 Å². The van der Waals surface area contributed by atoms with Crippen LogP contribution >= 0.6 is 0 Å². The highest BCUT2D eigenvalue weighted by molar-refractivity contribution is 5.61. The molecule has 0 spiro atoms. The SMILES string of the molecule is COc1ccc(C#N)c(NC(C)c2ccccn2)c1. The molecule has 19 heavy (non-hydrogen) atoms. The van der Waals surface area contributed by atoms with Crippen molar-refractivity contribution in [2.75, 3.05) is 12.4 Å². The fourth-order valence-electron chi connectivity index (χ4n) is 1.81. The predicted octanol–water partition coefficient (Wildman–Crippen LogP) is 3.13. The lowest BCUT2D eigenvalue weighted by Crippen LogP contribution is -2.09. The van der Waals surface area contributed by atoms with Gasteiger partial charge >= 0.3 is 0 Å². The highest BCUT2D eigenvalue weighted by atomic mass is 16.5. The van der Waals surface area contributed by atoms with Crippen LogP contribution in [0.25, 0.3) is 0 Å². The molecular formula is C15H15N3O. The molecule has 1 atom stereocenters. The molecule has 0 fully saturated rings. The number of aromatic nitrogens is 1. The van der Waals surface area contributed by atoms with Crippen LogP contribution in [0.4, 0.5) is 5.69 Å². The van der Waals surface area contributed by atoms with Crippen LogP contribution in [0.5, 0.6) is 5.75 Å². The van der Waals surface area contributed by atoms with E-state index in [0.717, 1.165) is 17.1 Å². The molecule has 4 nitrogen and oxygen atoms in total. The smallest absolute Gasteiger partial charge is 0.121 e. The number of pyridine rings is 1. The molecule has 1 aromatic carbocycles. The van der Waals surface area contributed by atoms with Crippen LogP contribution in [0.15, 0.2) is 42.6 Å². The van der Waals surface area contributed by atoms with Gasteiger partial charge in [-0.25, -0.2) is 0 Å². The van der Waals surface area contributed by atoms with Gasteiger partial charge in [-0.15, -0.1) is 0 Å². The molecule has 0 radical (unpaired) electrons. The lowest BCUT2D eigenvalue weighted by Gasteiger charge is -2.16.